The van der Waals surface area contributed by atoms with Crippen LogP contribution in [0.15, 0.2) is 84.9 Å². The Balaban J connectivity index is 1.08. The Hall–Kier alpha value is -3.90. The fraction of sp³-hybridized carbons (Fsp3) is 0.371. The van der Waals surface area contributed by atoms with Crippen LogP contribution in [0.1, 0.15) is 47.7 Å². The number of amides is 2. The van der Waals surface area contributed by atoms with Gasteiger partial charge in [-0.3, -0.25) is 14.5 Å². The molecule has 4 heterocycles. The van der Waals surface area contributed by atoms with Crippen LogP contribution in [-0.4, -0.2) is 63.7 Å². The second kappa shape index (κ2) is 11.2. The van der Waals surface area contributed by atoms with E-state index in [1.807, 2.05) is 21.9 Å². The van der Waals surface area contributed by atoms with E-state index >= 15 is 0 Å². The van der Waals surface area contributed by atoms with E-state index in [0.717, 1.165) is 56.5 Å². The maximum atomic E-state index is 14.1. The molecule has 3 aromatic carbocycles. The zero-order valence-corrected chi connectivity index (χ0v) is 23.5. The Morgan fingerprint density at radius 1 is 0.805 bits per heavy atom. The first kappa shape index (κ1) is 26.0. The summed E-state index contributed by atoms with van der Waals surface area (Å²) in [5.41, 5.74) is 6.00. The molecule has 2 fully saturated rings. The molecule has 1 aromatic heterocycles. The Morgan fingerprint density at radius 3 is 2.24 bits per heavy atom. The highest BCUT2D eigenvalue weighted by Crippen LogP contribution is 2.41. The first-order chi connectivity index (χ1) is 20.1. The molecule has 6 nitrogen and oxygen atoms in total. The number of piperazine rings is 1. The molecule has 1 unspecified atom stereocenters. The lowest BCUT2D eigenvalue weighted by Crippen LogP contribution is -2.63. The number of carbonyl (C=O) groups is 2. The molecule has 1 N–H and O–H groups in total. The van der Waals surface area contributed by atoms with Gasteiger partial charge in [0.15, 0.2) is 0 Å². The number of nitrogens with zero attached hydrogens (tertiary/aromatic N) is 3. The first-order valence-electron chi connectivity index (χ1n) is 15.1. The van der Waals surface area contributed by atoms with Crippen LogP contribution in [0.5, 0.6) is 0 Å². The van der Waals surface area contributed by atoms with Gasteiger partial charge in [-0.15, -0.1) is 0 Å². The number of aryl methyl sites for hydroxylation is 1. The van der Waals surface area contributed by atoms with Gasteiger partial charge < -0.3 is 14.8 Å². The maximum Gasteiger partial charge on any atom is 0.246 e. The summed E-state index contributed by atoms with van der Waals surface area (Å²) in [5, 5.41) is 1.18. The lowest BCUT2D eigenvalue weighted by molar-refractivity contribution is -0.160. The quantitative estimate of drug-likeness (QED) is 0.340. The molecule has 0 bridgehead atoms. The van der Waals surface area contributed by atoms with Crippen molar-refractivity contribution in [3.63, 3.8) is 0 Å². The van der Waals surface area contributed by atoms with Crippen molar-refractivity contribution >= 4 is 22.7 Å². The number of rotatable bonds is 7. The zero-order valence-electron chi connectivity index (χ0n) is 23.5. The number of H-pyrrole nitrogens is 1. The summed E-state index contributed by atoms with van der Waals surface area (Å²) in [6, 6.07) is 28.9. The van der Waals surface area contributed by atoms with Crippen molar-refractivity contribution in [3.05, 3.63) is 107 Å². The number of aromatic nitrogens is 1. The number of likely N-dealkylation sites (tertiary alicyclic amines) is 1. The topological polar surface area (TPSA) is 59.7 Å². The SMILES string of the molecule is O=C1[C@H]2Cc3c([nH]c4ccccc34)C(CCc3ccccc3)N2C(=O)CN1CC1CCN(Cc2ccccc2)CC1. The summed E-state index contributed by atoms with van der Waals surface area (Å²) in [4.78, 5) is 37.9. The minimum Gasteiger partial charge on any atom is -0.356 e. The Bertz CT molecular complexity index is 1520. The molecule has 6 heteroatoms. The molecule has 0 spiro atoms. The van der Waals surface area contributed by atoms with Crippen molar-refractivity contribution in [2.45, 2.75) is 50.7 Å². The smallest absolute Gasteiger partial charge is 0.246 e. The molecule has 41 heavy (non-hydrogen) atoms. The largest absolute Gasteiger partial charge is 0.356 e. The van der Waals surface area contributed by atoms with Crippen LogP contribution >= 0.6 is 0 Å². The molecular formula is C35H38N4O2. The lowest BCUT2D eigenvalue weighted by Gasteiger charge is -2.48. The standard InChI is InChI=1S/C35H38N4O2/c40-33-24-38(23-27-17-19-37(20-18-27)22-26-11-5-2-6-12-26)35(41)32-21-29-28-13-7-8-14-30(28)36-34(29)31(39(32)33)16-15-25-9-3-1-4-10-25/h1-14,27,31-32,36H,15-24H2/t31?,32-/m1/s1. The molecule has 2 saturated heterocycles. The van der Waals surface area contributed by atoms with Crippen molar-refractivity contribution in [3.8, 4) is 0 Å². The van der Waals surface area contributed by atoms with Crippen LogP contribution in [0.4, 0.5) is 0 Å². The van der Waals surface area contributed by atoms with Gasteiger partial charge in [0.1, 0.15) is 6.04 Å². The number of piperidine rings is 1. The fourth-order valence-corrected chi connectivity index (χ4v) is 7.33. The number of hydrogen-bond donors (Lipinski definition) is 1. The van der Waals surface area contributed by atoms with E-state index in [1.165, 1.54) is 22.1 Å². The average molecular weight is 547 g/mol. The Kier molecular flexibility index (Phi) is 7.09. The molecule has 0 radical (unpaired) electrons. The number of fused-ring (bicyclic) bond motifs is 4. The van der Waals surface area contributed by atoms with Gasteiger partial charge in [-0.2, -0.15) is 0 Å². The first-order valence-corrected chi connectivity index (χ1v) is 15.1. The molecule has 210 valence electrons. The number of hydrogen-bond acceptors (Lipinski definition) is 3. The highest BCUT2D eigenvalue weighted by atomic mass is 16.2. The molecule has 2 amide bonds. The predicted octanol–water partition coefficient (Wildman–Crippen LogP) is 5.35. The van der Waals surface area contributed by atoms with Gasteiger partial charge in [0.25, 0.3) is 0 Å². The van der Waals surface area contributed by atoms with Crippen LogP contribution in [0, 0.1) is 5.92 Å². The van der Waals surface area contributed by atoms with Crippen LogP contribution < -0.4 is 0 Å². The third kappa shape index (κ3) is 5.17. The third-order valence-corrected chi connectivity index (χ3v) is 9.44. The number of benzene rings is 3. The second-order valence-corrected chi connectivity index (χ2v) is 12.0. The zero-order chi connectivity index (χ0) is 27.8. The molecular weight excluding hydrogens is 508 g/mol. The number of carbonyl (C=O) groups excluding carboxylic acids is 2. The van der Waals surface area contributed by atoms with E-state index in [2.05, 4.69) is 82.7 Å². The summed E-state index contributed by atoms with van der Waals surface area (Å²) in [6.07, 6.45) is 4.35. The van der Waals surface area contributed by atoms with Crippen molar-refractivity contribution in [2.75, 3.05) is 26.2 Å². The molecule has 3 aliphatic heterocycles. The summed E-state index contributed by atoms with van der Waals surface area (Å²) < 4.78 is 0. The van der Waals surface area contributed by atoms with Gasteiger partial charge >= 0.3 is 0 Å². The van der Waals surface area contributed by atoms with E-state index < -0.39 is 6.04 Å². The molecule has 0 aliphatic carbocycles. The van der Waals surface area contributed by atoms with Gasteiger partial charge in [0.05, 0.1) is 12.6 Å². The second-order valence-electron chi connectivity index (χ2n) is 12.0. The van der Waals surface area contributed by atoms with Crippen molar-refractivity contribution in [1.29, 1.82) is 0 Å². The lowest BCUT2D eigenvalue weighted by atomic mass is 9.86. The van der Waals surface area contributed by atoms with E-state index in [1.54, 1.807) is 0 Å². The van der Waals surface area contributed by atoms with Gasteiger partial charge in [0.2, 0.25) is 11.8 Å². The molecule has 4 aromatic rings. The number of nitrogens with one attached hydrogen (secondary N) is 1. The van der Waals surface area contributed by atoms with Crippen molar-refractivity contribution in [2.24, 2.45) is 5.92 Å². The number of para-hydroxylation sites is 1. The normalized spacial score (nSPS) is 21.8. The number of aromatic amines is 1. The van der Waals surface area contributed by atoms with Crippen molar-refractivity contribution in [1.82, 2.24) is 19.7 Å². The Labute approximate surface area is 241 Å². The van der Waals surface area contributed by atoms with Crippen LogP contribution in [0.3, 0.4) is 0 Å². The van der Waals surface area contributed by atoms with Gasteiger partial charge in [-0.1, -0.05) is 78.9 Å². The molecule has 7 rings (SSSR count). The van der Waals surface area contributed by atoms with Crippen LogP contribution in [0.25, 0.3) is 10.9 Å². The average Bonchev–Trinajstić information content (AvgIpc) is 3.38. The summed E-state index contributed by atoms with van der Waals surface area (Å²) in [5.74, 6) is 0.641. The van der Waals surface area contributed by atoms with Gasteiger partial charge in [-0.05, 0) is 67.4 Å². The third-order valence-electron chi connectivity index (χ3n) is 9.44. The highest BCUT2D eigenvalue weighted by molar-refractivity contribution is 5.97. The summed E-state index contributed by atoms with van der Waals surface area (Å²) in [7, 11) is 0. The minimum atomic E-state index is -0.429. The van der Waals surface area contributed by atoms with E-state index in [9.17, 15) is 9.59 Å². The molecule has 3 aliphatic rings. The summed E-state index contributed by atoms with van der Waals surface area (Å²) >= 11 is 0. The predicted molar refractivity (Wildman–Crippen MR) is 161 cm³/mol. The molecule has 2 atom stereocenters. The Morgan fingerprint density at radius 2 is 1.49 bits per heavy atom. The van der Waals surface area contributed by atoms with Gasteiger partial charge in [0, 0.05) is 36.1 Å². The van der Waals surface area contributed by atoms with Gasteiger partial charge in [-0.25, -0.2) is 0 Å². The molecule has 0 saturated carbocycles. The van der Waals surface area contributed by atoms with Crippen LogP contribution in [-0.2, 0) is 29.0 Å². The fourth-order valence-electron chi connectivity index (χ4n) is 7.33. The van der Waals surface area contributed by atoms with E-state index in [4.69, 9.17) is 0 Å². The highest BCUT2D eigenvalue weighted by Gasteiger charge is 2.47. The summed E-state index contributed by atoms with van der Waals surface area (Å²) in [6.45, 7) is 3.92. The maximum absolute atomic E-state index is 14.1. The van der Waals surface area contributed by atoms with Crippen LogP contribution in [0.2, 0.25) is 0 Å². The minimum absolute atomic E-state index is 0.0819. The monoisotopic (exact) mass is 546 g/mol. The van der Waals surface area contributed by atoms with E-state index in [-0.39, 0.29) is 24.4 Å². The van der Waals surface area contributed by atoms with E-state index in [0.29, 0.717) is 18.9 Å². The van der Waals surface area contributed by atoms with Crippen molar-refractivity contribution < 1.29 is 9.59 Å².